The normalized spacial score (nSPS) is 15.4. The van der Waals surface area contributed by atoms with Crippen LogP contribution in [0, 0.1) is 11.6 Å². The molecule has 0 atom stereocenters. The highest BCUT2D eigenvalue weighted by molar-refractivity contribution is 7.89. The van der Waals surface area contributed by atoms with Gasteiger partial charge in [-0.05, 0) is 47.5 Å². The Morgan fingerprint density at radius 2 is 1.29 bits per heavy atom. The summed E-state index contributed by atoms with van der Waals surface area (Å²) >= 11 is 0. The molecule has 0 aliphatic carbocycles. The summed E-state index contributed by atoms with van der Waals surface area (Å²) in [6.45, 7) is 1.37. The molecule has 0 N–H and O–H groups in total. The smallest absolute Gasteiger partial charge is 0.246 e. The summed E-state index contributed by atoms with van der Waals surface area (Å²) in [5, 5.41) is 0. The zero-order valence-electron chi connectivity index (χ0n) is 18.9. The summed E-state index contributed by atoms with van der Waals surface area (Å²) in [6.07, 6.45) is 0. The van der Waals surface area contributed by atoms with Crippen LogP contribution in [0.5, 0.6) is 11.5 Å². The Labute approximate surface area is 198 Å². The van der Waals surface area contributed by atoms with Crippen molar-refractivity contribution in [3.05, 3.63) is 89.5 Å². The molecule has 0 aromatic heterocycles. The standard InChI is InChI=1S/C25H26F2N2O4S/c1-32-22-11-12-23(33-2)24(17-22)34(30,31)29-15-13-28(14-16-29)25(18-3-7-20(26)8-4-18)19-5-9-21(27)10-6-19/h3-12,17,25H,13-16H2,1-2H3. The van der Waals surface area contributed by atoms with Gasteiger partial charge in [0.15, 0.2) is 0 Å². The number of rotatable bonds is 7. The Bertz CT molecular complexity index is 1180. The summed E-state index contributed by atoms with van der Waals surface area (Å²) in [4.78, 5) is 2.17. The summed E-state index contributed by atoms with van der Waals surface area (Å²) < 4.78 is 65.8. The number of sulfonamides is 1. The van der Waals surface area contributed by atoms with Gasteiger partial charge in [-0.25, -0.2) is 17.2 Å². The monoisotopic (exact) mass is 488 g/mol. The maximum Gasteiger partial charge on any atom is 0.246 e. The zero-order chi connectivity index (χ0) is 24.3. The van der Waals surface area contributed by atoms with E-state index in [0.717, 1.165) is 11.1 Å². The third kappa shape index (κ3) is 4.91. The van der Waals surface area contributed by atoms with Gasteiger partial charge in [0.2, 0.25) is 10.0 Å². The van der Waals surface area contributed by atoms with Gasteiger partial charge in [0.1, 0.15) is 28.0 Å². The number of piperazine rings is 1. The fraction of sp³-hybridized carbons (Fsp3) is 0.280. The van der Waals surface area contributed by atoms with Gasteiger partial charge in [-0.2, -0.15) is 4.31 Å². The van der Waals surface area contributed by atoms with Crippen molar-refractivity contribution >= 4 is 10.0 Å². The molecule has 3 aromatic rings. The molecule has 34 heavy (non-hydrogen) atoms. The van der Waals surface area contributed by atoms with Crippen LogP contribution in [0.1, 0.15) is 17.2 Å². The van der Waals surface area contributed by atoms with E-state index in [1.165, 1.54) is 48.9 Å². The SMILES string of the molecule is COc1ccc(OC)c(S(=O)(=O)N2CCN(C(c3ccc(F)cc3)c3ccc(F)cc3)CC2)c1. The van der Waals surface area contributed by atoms with Crippen molar-refractivity contribution in [1.82, 2.24) is 9.21 Å². The summed E-state index contributed by atoms with van der Waals surface area (Å²) in [7, 11) is -0.925. The van der Waals surface area contributed by atoms with Crippen LogP contribution in [0.25, 0.3) is 0 Å². The van der Waals surface area contributed by atoms with Crippen molar-refractivity contribution in [2.45, 2.75) is 10.9 Å². The number of hydrogen-bond acceptors (Lipinski definition) is 5. The van der Waals surface area contributed by atoms with E-state index in [2.05, 4.69) is 4.90 Å². The first kappa shape index (κ1) is 24.1. The lowest BCUT2D eigenvalue weighted by atomic mass is 9.96. The third-order valence-corrected chi connectivity index (χ3v) is 7.92. The molecule has 0 amide bonds. The largest absolute Gasteiger partial charge is 0.497 e. The van der Waals surface area contributed by atoms with Gasteiger partial charge in [-0.3, -0.25) is 4.90 Å². The lowest BCUT2D eigenvalue weighted by Crippen LogP contribution is -2.49. The predicted molar refractivity (Wildman–Crippen MR) is 125 cm³/mol. The van der Waals surface area contributed by atoms with Gasteiger partial charge >= 0.3 is 0 Å². The molecule has 1 aliphatic rings. The molecule has 4 rings (SSSR count). The molecule has 0 spiro atoms. The summed E-state index contributed by atoms with van der Waals surface area (Å²) in [5.41, 5.74) is 1.69. The molecule has 0 bridgehead atoms. The van der Waals surface area contributed by atoms with Crippen molar-refractivity contribution in [3.63, 3.8) is 0 Å². The molecule has 9 heteroatoms. The van der Waals surface area contributed by atoms with Gasteiger partial charge < -0.3 is 9.47 Å². The first-order valence-corrected chi connectivity index (χ1v) is 12.2. The molecule has 180 valence electrons. The second kappa shape index (κ2) is 10.1. The molecule has 1 fully saturated rings. The van der Waals surface area contributed by atoms with E-state index in [1.807, 2.05) is 0 Å². The van der Waals surface area contributed by atoms with Crippen LogP contribution < -0.4 is 9.47 Å². The second-order valence-corrected chi connectivity index (χ2v) is 9.87. The van der Waals surface area contributed by atoms with Gasteiger partial charge in [0.25, 0.3) is 0 Å². The van der Waals surface area contributed by atoms with Crippen LogP contribution in [0.3, 0.4) is 0 Å². The van der Waals surface area contributed by atoms with E-state index in [9.17, 15) is 17.2 Å². The third-order valence-electron chi connectivity index (χ3n) is 6.00. The van der Waals surface area contributed by atoms with Crippen molar-refractivity contribution in [1.29, 1.82) is 0 Å². The van der Waals surface area contributed by atoms with Gasteiger partial charge in [-0.15, -0.1) is 0 Å². The van der Waals surface area contributed by atoms with Gasteiger partial charge in [0.05, 0.1) is 20.3 Å². The van der Waals surface area contributed by atoms with E-state index < -0.39 is 10.0 Å². The van der Waals surface area contributed by atoms with Crippen LogP contribution >= 0.6 is 0 Å². The summed E-state index contributed by atoms with van der Waals surface area (Å²) in [5.74, 6) is -0.0149. The average molecular weight is 489 g/mol. The van der Waals surface area contributed by atoms with Crippen LogP contribution in [-0.2, 0) is 10.0 Å². The van der Waals surface area contributed by atoms with E-state index in [0.29, 0.717) is 18.8 Å². The highest BCUT2D eigenvalue weighted by atomic mass is 32.2. The van der Waals surface area contributed by atoms with E-state index in [4.69, 9.17) is 9.47 Å². The molecule has 1 heterocycles. The molecule has 6 nitrogen and oxygen atoms in total. The Morgan fingerprint density at radius 1 is 0.765 bits per heavy atom. The van der Waals surface area contributed by atoms with Crippen LogP contribution in [-0.4, -0.2) is 58.0 Å². The lowest BCUT2D eigenvalue weighted by molar-refractivity contribution is 0.155. The van der Waals surface area contributed by atoms with Crippen LogP contribution in [0.4, 0.5) is 8.78 Å². The topological polar surface area (TPSA) is 59.1 Å². The predicted octanol–water partition coefficient (Wildman–Crippen LogP) is 4.08. The fourth-order valence-electron chi connectivity index (χ4n) is 4.23. The molecule has 0 radical (unpaired) electrons. The van der Waals surface area contributed by atoms with Gasteiger partial charge in [0, 0.05) is 32.2 Å². The number of benzene rings is 3. The first-order valence-electron chi connectivity index (χ1n) is 10.8. The molecule has 1 saturated heterocycles. The number of hydrogen-bond donors (Lipinski definition) is 0. The average Bonchev–Trinajstić information content (AvgIpc) is 2.86. The lowest BCUT2D eigenvalue weighted by Gasteiger charge is -2.39. The van der Waals surface area contributed by atoms with Crippen molar-refractivity contribution in [3.8, 4) is 11.5 Å². The molecule has 3 aromatic carbocycles. The molecular formula is C25H26F2N2O4S. The molecule has 0 unspecified atom stereocenters. The number of ether oxygens (including phenoxy) is 2. The Balaban J connectivity index is 1.59. The van der Waals surface area contributed by atoms with E-state index >= 15 is 0 Å². The Kier molecular flexibility index (Phi) is 7.16. The minimum absolute atomic E-state index is 0.0522. The van der Waals surface area contributed by atoms with Gasteiger partial charge in [-0.1, -0.05) is 24.3 Å². The van der Waals surface area contributed by atoms with Crippen LogP contribution in [0.2, 0.25) is 0 Å². The second-order valence-electron chi connectivity index (χ2n) is 7.96. The fourth-order valence-corrected chi connectivity index (χ4v) is 5.82. The Hall–Kier alpha value is -3.01. The van der Waals surface area contributed by atoms with E-state index in [-0.39, 0.29) is 41.4 Å². The quantitative estimate of drug-likeness (QED) is 0.502. The molecule has 0 saturated carbocycles. The molecular weight excluding hydrogens is 462 g/mol. The van der Waals surface area contributed by atoms with Crippen molar-refractivity contribution < 1.29 is 26.7 Å². The number of nitrogens with zero attached hydrogens (tertiary/aromatic N) is 2. The van der Waals surface area contributed by atoms with Crippen molar-refractivity contribution in [2.24, 2.45) is 0 Å². The minimum atomic E-state index is -3.82. The highest BCUT2D eigenvalue weighted by Gasteiger charge is 2.34. The summed E-state index contributed by atoms with van der Waals surface area (Å²) in [6, 6.07) is 16.8. The van der Waals surface area contributed by atoms with E-state index in [1.54, 1.807) is 36.4 Å². The van der Waals surface area contributed by atoms with Crippen LogP contribution in [0.15, 0.2) is 71.6 Å². The first-order chi connectivity index (χ1) is 16.3. The Morgan fingerprint density at radius 3 is 1.76 bits per heavy atom. The number of halogens is 2. The number of methoxy groups -OCH3 is 2. The minimum Gasteiger partial charge on any atom is -0.497 e. The highest BCUT2D eigenvalue weighted by Crippen LogP contribution is 2.34. The maximum absolute atomic E-state index is 13.6. The molecule has 1 aliphatic heterocycles. The van der Waals surface area contributed by atoms with Crippen molar-refractivity contribution in [2.75, 3.05) is 40.4 Å². The maximum atomic E-state index is 13.6. The zero-order valence-corrected chi connectivity index (χ0v) is 19.8.